The number of hydrogen-bond acceptors (Lipinski definition) is 3. The second-order valence-corrected chi connectivity index (χ2v) is 3.78. The zero-order chi connectivity index (χ0) is 9.97. The minimum atomic E-state index is -0.446. The first-order valence-corrected chi connectivity index (χ1v) is 4.88. The van der Waals surface area contributed by atoms with Gasteiger partial charge in [0.2, 0.25) is 5.95 Å². The number of anilines is 1. The summed E-state index contributed by atoms with van der Waals surface area (Å²) in [6.07, 6.45) is 4.64. The van der Waals surface area contributed by atoms with Crippen molar-refractivity contribution in [3.63, 3.8) is 0 Å². The van der Waals surface area contributed by atoms with Crippen LogP contribution in [0.3, 0.4) is 0 Å². The van der Waals surface area contributed by atoms with E-state index >= 15 is 0 Å². The van der Waals surface area contributed by atoms with E-state index in [0.29, 0.717) is 12.1 Å². The normalized spacial score (nSPS) is 26.4. The molecule has 0 saturated heterocycles. The first-order chi connectivity index (χ1) is 6.74. The van der Waals surface area contributed by atoms with Crippen LogP contribution in [0, 0.1) is 5.95 Å². The van der Waals surface area contributed by atoms with E-state index in [1.54, 1.807) is 6.07 Å². The first-order valence-electron chi connectivity index (χ1n) is 4.88. The SMILES string of the molecule is NC1CCC(Nc2ccc(F)nc2)C1. The Bertz CT molecular complexity index is 299. The molecular formula is C10H14FN3. The van der Waals surface area contributed by atoms with Gasteiger partial charge in [0.15, 0.2) is 0 Å². The Morgan fingerprint density at radius 2 is 2.29 bits per heavy atom. The van der Waals surface area contributed by atoms with Gasteiger partial charge in [-0.25, -0.2) is 4.98 Å². The van der Waals surface area contributed by atoms with E-state index in [1.165, 1.54) is 12.3 Å². The molecule has 3 N–H and O–H groups in total. The molecule has 1 aromatic heterocycles. The van der Waals surface area contributed by atoms with Gasteiger partial charge in [-0.3, -0.25) is 0 Å². The van der Waals surface area contributed by atoms with E-state index in [1.807, 2.05) is 0 Å². The van der Waals surface area contributed by atoms with E-state index in [9.17, 15) is 4.39 Å². The summed E-state index contributed by atoms with van der Waals surface area (Å²) in [6, 6.07) is 3.78. The molecule has 2 rings (SSSR count). The molecule has 0 aromatic carbocycles. The molecular weight excluding hydrogens is 181 g/mol. The second-order valence-electron chi connectivity index (χ2n) is 3.78. The summed E-state index contributed by atoms with van der Waals surface area (Å²) >= 11 is 0. The molecule has 1 aliphatic carbocycles. The molecule has 4 heteroatoms. The number of nitrogens with zero attached hydrogens (tertiary/aromatic N) is 1. The largest absolute Gasteiger partial charge is 0.381 e. The average molecular weight is 195 g/mol. The molecule has 1 aromatic rings. The number of aromatic nitrogens is 1. The molecule has 3 nitrogen and oxygen atoms in total. The number of pyridine rings is 1. The van der Waals surface area contributed by atoms with Crippen LogP contribution in [0.4, 0.5) is 10.1 Å². The summed E-state index contributed by atoms with van der Waals surface area (Å²) in [5.41, 5.74) is 6.65. The molecule has 2 unspecified atom stereocenters. The van der Waals surface area contributed by atoms with Crippen LogP contribution in [0.25, 0.3) is 0 Å². The van der Waals surface area contributed by atoms with Crippen LogP contribution >= 0.6 is 0 Å². The summed E-state index contributed by atoms with van der Waals surface area (Å²) in [4.78, 5) is 3.58. The van der Waals surface area contributed by atoms with Crippen molar-refractivity contribution >= 4 is 5.69 Å². The predicted molar refractivity (Wildman–Crippen MR) is 53.4 cm³/mol. The zero-order valence-corrected chi connectivity index (χ0v) is 7.91. The Hall–Kier alpha value is -1.16. The van der Waals surface area contributed by atoms with Crippen molar-refractivity contribution in [3.05, 3.63) is 24.3 Å². The number of rotatable bonds is 2. The van der Waals surface area contributed by atoms with Gasteiger partial charge in [-0.2, -0.15) is 4.39 Å². The fourth-order valence-electron chi connectivity index (χ4n) is 1.84. The molecule has 1 fully saturated rings. The van der Waals surface area contributed by atoms with Crippen LogP contribution in [0.5, 0.6) is 0 Å². The molecule has 0 bridgehead atoms. The molecule has 14 heavy (non-hydrogen) atoms. The standard InChI is InChI=1S/C10H14FN3/c11-10-4-3-9(6-13-10)14-8-2-1-7(12)5-8/h3-4,6-8,14H,1-2,5,12H2. The van der Waals surface area contributed by atoms with Gasteiger partial charge in [0.05, 0.1) is 11.9 Å². The van der Waals surface area contributed by atoms with Crippen molar-refractivity contribution in [2.24, 2.45) is 5.73 Å². The topological polar surface area (TPSA) is 50.9 Å². The molecule has 0 amide bonds. The summed E-state index contributed by atoms with van der Waals surface area (Å²) in [5.74, 6) is -0.446. The third kappa shape index (κ3) is 2.20. The molecule has 0 radical (unpaired) electrons. The number of nitrogens with one attached hydrogen (secondary N) is 1. The maximum absolute atomic E-state index is 12.5. The van der Waals surface area contributed by atoms with Crippen molar-refractivity contribution < 1.29 is 4.39 Å². The Morgan fingerprint density at radius 3 is 2.86 bits per heavy atom. The number of hydrogen-bond donors (Lipinski definition) is 2. The molecule has 0 spiro atoms. The van der Waals surface area contributed by atoms with Gasteiger partial charge in [-0.15, -0.1) is 0 Å². The third-order valence-electron chi connectivity index (χ3n) is 2.57. The monoisotopic (exact) mass is 195 g/mol. The molecule has 1 aliphatic rings. The quantitative estimate of drug-likeness (QED) is 0.703. The van der Waals surface area contributed by atoms with Gasteiger partial charge >= 0.3 is 0 Å². The van der Waals surface area contributed by atoms with Crippen molar-refractivity contribution in [2.75, 3.05) is 5.32 Å². The zero-order valence-electron chi connectivity index (χ0n) is 7.91. The number of nitrogens with two attached hydrogens (primary N) is 1. The highest BCUT2D eigenvalue weighted by atomic mass is 19.1. The summed E-state index contributed by atoms with van der Waals surface area (Å²) < 4.78 is 12.5. The van der Waals surface area contributed by atoms with Crippen LogP contribution < -0.4 is 11.1 Å². The Morgan fingerprint density at radius 1 is 1.43 bits per heavy atom. The van der Waals surface area contributed by atoms with Crippen molar-refractivity contribution in [3.8, 4) is 0 Å². The van der Waals surface area contributed by atoms with Crippen LogP contribution in [-0.2, 0) is 0 Å². The summed E-state index contributed by atoms with van der Waals surface area (Å²) in [7, 11) is 0. The Balaban J connectivity index is 1.94. The fraction of sp³-hybridized carbons (Fsp3) is 0.500. The summed E-state index contributed by atoms with van der Waals surface area (Å²) in [5, 5.41) is 3.29. The first kappa shape index (κ1) is 9.40. The lowest BCUT2D eigenvalue weighted by atomic mass is 10.2. The lowest BCUT2D eigenvalue weighted by Gasteiger charge is -2.12. The maximum Gasteiger partial charge on any atom is 0.212 e. The second kappa shape index (κ2) is 3.92. The van der Waals surface area contributed by atoms with E-state index < -0.39 is 5.95 Å². The van der Waals surface area contributed by atoms with Crippen molar-refractivity contribution in [1.82, 2.24) is 4.98 Å². The van der Waals surface area contributed by atoms with Crippen molar-refractivity contribution in [1.29, 1.82) is 0 Å². The van der Waals surface area contributed by atoms with Gasteiger partial charge in [0.25, 0.3) is 0 Å². The van der Waals surface area contributed by atoms with E-state index in [-0.39, 0.29) is 0 Å². The molecule has 2 atom stereocenters. The molecule has 1 saturated carbocycles. The van der Waals surface area contributed by atoms with Gasteiger partial charge in [-0.1, -0.05) is 0 Å². The van der Waals surface area contributed by atoms with Gasteiger partial charge < -0.3 is 11.1 Å². The Labute approximate surface area is 82.5 Å². The summed E-state index contributed by atoms with van der Waals surface area (Å²) in [6.45, 7) is 0. The lowest BCUT2D eigenvalue weighted by Crippen LogP contribution is -2.20. The van der Waals surface area contributed by atoms with Crippen LogP contribution in [-0.4, -0.2) is 17.1 Å². The fourth-order valence-corrected chi connectivity index (χ4v) is 1.84. The Kier molecular flexibility index (Phi) is 2.63. The van der Waals surface area contributed by atoms with Gasteiger partial charge in [0.1, 0.15) is 0 Å². The van der Waals surface area contributed by atoms with Gasteiger partial charge in [0, 0.05) is 12.1 Å². The molecule has 76 valence electrons. The maximum atomic E-state index is 12.5. The molecule has 0 aliphatic heterocycles. The highest BCUT2D eigenvalue weighted by Gasteiger charge is 2.21. The average Bonchev–Trinajstić information content (AvgIpc) is 2.56. The smallest absolute Gasteiger partial charge is 0.212 e. The van der Waals surface area contributed by atoms with E-state index in [4.69, 9.17) is 5.73 Å². The van der Waals surface area contributed by atoms with Gasteiger partial charge in [-0.05, 0) is 31.4 Å². The van der Waals surface area contributed by atoms with E-state index in [0.717, 1.165) is 24.9 Å². The highest BCUT2D eigenvalue weighted by molar-refractivity contribution is 5.41. The minimum absolute atomic E-state index is 0.306. The minimum Gasteiger partial charge on any atom is -0.381 e. The number of halogens is 1. The van der Waals surface area contributed by atoms with Crippen LogP contribution in [0.2, 0.25) is 0 Å². The van der Waals surface area contributed by atoms with Crippen LogP contribution in [0.1, 0.15) is 19.3 Å². The predicted octanol–water partition coefficient (Wildman–Crippen LogP) is 1.51. The van der Waals surface area contributed by atoms with Crippen molar-refractivity contribution in [2.45, 2.75) is 31.3 Å². The third-order valence-corrected chi connectivity index (χ3v) is 2.57. The molecule has 1 heterocycles. The lowest BCUT2D eigenvalue weighted by molar-refractivity contribution is 0.583. The highest BCUT2D eigenvalue weighted by Crippen LogP contribution is 2.21. The van der Waals surface area contributed by atoms with Crippen LogP contribution in [0.15, 0.2) is 18.3 Å². The van der Waals surface area contributed by atoms with E-state index in [2.05, 4.69) is 10.3 Å².